The fraction of sp³-hybridized carbons (Fsp3) is 0. The molecule has 0 spiro atoms. The smallest absolute Gasteiger partial charge is 0 e. The Morgan fingerprint density at radius 2 is 0.372 bits per heavy atom. The van der Waals surface area contributed by atoms with Crippen molar-refractivity contribution in [2.75, 3.05) is 0 Å². The average molecular weight is 776 g/mol. The van der Waals surface area contributed by atoms with Gasteiger partial charge in [0, 0.05) is 21.1 Å². The topological polar surface area (TPSA) is 39.8 Å². The van der Waals surface area contributed by atoms with Crippen LogP contribution in [0.4, 0.5) is 0 Å². The van der Waals surface area contributed by atoms with Gasteiger partial charge in [0.2, 0.25) is 0 Å². The third-order valence-corrected chi connectivity index (χ3v) is 11.0. The van der Waals surface area contributed by atoms with Gasteiger partial charge in [0.05, 0.1) is 0 Å². The molecule has 2 nitrogen and oxygen atoms in total. The molecule has 6 aromatic carbocycles. The summed E-state index contributed by atoms with van der Waals surface area (Å²) in [4.78, 5) is 0. The molecule has 0 unspecified atom stereocenters. The molecule has 5 heteroatoms. The van der Waals surface area contributed by atoms with Gasteiger partial charge in [-0.25, -0.2) is 0 Å². The van der Waals surface area contributed by atoms with Gasteiger partial charge in [-0.1, -0.05) is 182 Å². The third kappa shape index (κ3) is 10.8. The van der Waals surface area contributed by atoms with E-state index in [9.17, 15) is 0 Å². The predicted molar refractivity (Wildman–Crippen MR) is 178 cm³/mol. The van der Waals surface area contributed by atoms with Crippen molar-refractivity contribution >= 4 is 47.7 Å². The summed E-state index contributed by atoms with van der Waals surface area (Å²) < 4.78 is 15.0. The molecule has 214 valence electrons. The zero-order chi connectivity index (χ0) is 29.8. The molecule has 0 atom stereocenters. The summed E-state index contributed by atoms with van der Waals surface area (Å²) in [5.41, 5.74) is 0. The maximum Gasteiger partial charge on any atom is 0 e. The molecular formula is C38H30O2P2Pt. The standard InChI is InChI=1S/2C18H15P.2CO.Pt/c2*1-4-10-16(11-5-1)19(17-12-6-2-7-13-17)18-14-8-3-9-15-18;2*1-2;/h2*1-15H;;;. The summed E-state index contributed by atoms with van der Waals surface area (Å²) in [7, 11) is -0.892. The molecule has 0 aromatic heterocycles. The quantitative estimate of drug-likeness (QED) is 0.101. The summed E-state index contributed by atoms with van der Waals surface area (Å²) in [6, 6.07) is 64.7. The van der Waals surface area contributed by atoms with Gasteiger partial charge < -0.3 is 0 Å². The molecule has 0 fully saturated rings. The van der Waals surface area contributed by atoms with Gasteiger partial charge in [0.25, 0.3) is 0 Å². The molecule has 0 aliphatic rings. The van der Waals surface area contributed by atoms with Crippen LogP contribution >= 0.6 is 15.8 Å². The van der Waals surface area contributed by atoms with Crippen molar-refractivity contribution in [3.63, 3.8) is 0 Å². The molecule has 0 amide bonds. The van der Waals surface area contributed by atoms with Crippen molar-refractivity contribution in [2.45, 2.75) is 0 Å². The maximum atomic E-state index is 7.50. The molecule has 0 bridgehead atoms. The predicted octanol–water partition coefficient (Wildman–Crippen LogP) is 6.81. The second-order valence-electron chi connectivity index (χ2n) is 8.68. The third-order valence-electron chi connectivity index (χ3n) is 6.09. The molecule has 43 heavy (non-hydrogen) atoms. The zero-order valence-corrected chi connectivity index (χ0v) is 27.4. The molecule has 0 saturated heterocycles. The second kappa shape index (κ2) is 21.1. The Morgan fingerprint density at radius 3 is 0.488 bits per heavy atom. The Labute approximate surface area is 272 Å². The largest absolute Gasteiger partial charge is 0.0622 e. The van der Waals surface area contributed by atoms with Crippen molar-refractivity contribution in [3.8, 4) is 0 Å². The van der Waals surface area contributed by atoms with E-state index in [-0.39, 0.29) is 21.1 Å². The number of benzene rings is 6. The van der Waals surface area contributed by atoms with Crippen LogP contribution in [0.15, 0.2) is 182 Å². The minimum Gasteiger partial charge on any atom is -0.0622 e. The molecule has 0 N–H and O–H groups in total. The van der Waals surface area contributed by atoms with Crippen LogP contribution in [0.5, 0.6) is 0 Å². The number of hydrogen-bond acceptors (Lipinski definition) is 0. The van der Waals surface area contributed by atoms with E-state index in [1.54, 1.807) is 0 Å². The van der Waals surface area contributed by atoms with Crippen LogP contribution in [-0.2, 0) is 30.4 Å². The molecule has 0 aliphatic heterocycles. The van der Waals surface area contributed by atoms with E-state index in [0.29, 0.717) is 0 Å². The first kappa shape index (κ1) is 35.5. The van der Waals surface area contributed by atoms with Crippen molar-refractivity contribution in [1.82, 2.24) is 0 Å². The van der Waals surface area contributed by atoms with Crippen molar-refractivity contribution < 1.29 is 30.4 Å². The van der Waals surface area contributed by atoms with Gasteiger partial charge in [-0.3, -0.25) is 0 Å². The van der Waals surface area contributed by atoms with Crippen LogP contribution in [0.25, 0.3) is 0 Å². The van der Waals surface area contributed by atoms with Gasteiger partial charge in [-0.2, -0.15) is 0 Å². The van der Waals surface area contributed by atoms with E-state index >= 15 is 0 Å². The van der Waals surface area contributed by atoms with E-state index in [1.165, 1.54) is 31.8 Å². The van der Waals surface area contributed by atoms with E-state index in [0.717, 1.165) is 0 Å². The first-order chi connectivity index (χ1) is 20.9. The molecule has 6 aromatic rings. The molecule has 0 saturated carbocycles. The fourth-order valence-electron chi connectivity index (χ4n) is 4.36. The monoisotopic (exact) mass is 775 g/mol. The van der Waals surface area contributed by atoms with E-state index in [2.05, 4.69) is 195 Å². The summed E-state index contributed by atoms with van der Waals surface area (Å²) in [6.45, 7) is 9.00. The second-order valence-corrected chi connectivity index (χ2v) is 13.1. The van der Waals surface area contributed by atoms with Gasteiger partial charge in [0.1, 0.15) is 0 Å². The van der Waals surface area contributed by atoms with Gasteiger partial charge in [0.15, 0.2) is 0 Å². The Hall–Kier alpha value is -3.65. The van der Waals surface area contributed by atoms with E-state index < -0.39 is 15.8 Å². The summed E-state index contributed by atoms with van der Waals surface area (Å²) in [5, 5.41) is 8.39. The number of hydrogen-bond donors (Lipinski definition) is 0. The Kier molecular flexibility index (Phi) is 17.4. The molecule has 6 rings (SSSR count). The van der Waals surface area contributed by atoms with Crippen LogP contribution in [0.1, 0.15) is 0 Å². The Morgan fingerprint density at radius 1 is 0.256 bits per heavy atom. The van der Waals surface area contributed by atoms with Crippen LogP contribution in [-0.4, -0.2) is 0 Å². The van der Waals surface area contributed by atoms with E-state index in [1.807, 2.05) is 0 Å². The Bertz CT molecular complexity index is 1270. The zero-order valence-electron chi connectivity index (χ0n) is 23.3. The normalized spacial score (nSPS) is 9.44. The van der Waals surface area contributed by atoms with Gasteiger partial charge in [-0.15, -0.1) is 0 Å². The molecule has 0 heterocycles. The van der Waals surface area contributed by atoms with Crippen molar-refractivity contribution in [2.24, 2.45) is 0 Å². The van der Waals surface area contributed by atoms with Gasteiger partial charge >= 0.3 is 22.6 Å². The molecule has 0 radical (unpaired) electrons. The molecule has 0 aliphatic carbocycles. The van der Waals surface area contributed by atoms with Gasteiger partial charge in [-0.05, 0) is 47.7 Å². The number of rotatable bonds is 6. The minimum absolute atomic E-state index is 0. The fourth-order valence-corrected chi connectivity index (χ4v) is 8.97. The SMILES string of the molecule is [C-]#[O+].[C-]#[O+].[Pt].c1ccc(P(c2ccccc2)c2ccccc2)cc1.c1ccc(P(c2ccccc2)c2ccccc2)cc1. The minimum atomic E-state index is -0.446. The van der Waals surface area contributed by atoms with Crippen LogP contribution in [0.3, 0.4) is 0 Å². The van der Waals surface area contributed by atoms with Crippen LogP contribution in [0.2, 0.25) is 0 Å². The maximum absolute atomic E-state index is 7.50. The summed E-state index contributed by atoms with van der Waals surface area (Å²) in [6.07, 6.45) is 0. The van der Waals surface area contributed by atoms with Crippen molar-refractivity contribution in [1.29, 1.82) is 0 Å². The Balaban J connectivity index is 0.000000264. The van der Waals surface area contributed by atoms with Crippen molar-refractivity contribution in [3.05, 3.63) is 195 Å². The summed E-state index contributed by atoms with van der Waals surface area (Å²) in [5.74, 6) is 0. The first-order valence-corrected chi connectivity index (χ1v) is 15.9. The van der Waals surface area contributed by atoms with E-state index in [4.69, 9.17) is 9.30 Å². The van der Waals surface area contributed by atoms with Crippen LogP contribution in [0, 0.1) is 13.3 Å². The average Bonchev–Trinajstić information content (AvgIpc) is 3.10. The summed E-state index contributed by atoms with van der Waals surface area (Å²) >= 11 is 0. The van der Waals surface area contributed by atoms with Crippen LogP contribution < -0.4 is 31.8 Å². The first-order valence-electron chi connectivity index (χ1n) is 13.2. The molecular weight excluding hydrogens is 745 g/mol.